The molecule has 132 valence electrons. The van der Waals surface area contributed by atoms with Crippen molar-refractivity contribution < 1.29 is 0 Å². The second kappa shape index (κ2) is 6.91. The van der Waals surface area contributed by atoms with Gasteiger partial charge in [0.2, 0.25) is 0 Å². The maximum Gasteiger partial charge on any atom is 0.325 e. The van der Waals surface area contributed by atoms with Crippen molar-refractivity contribution in [3.8, 4) is 0 Å². The molecule has 2 aromatic rings. The van der Waals surface area contributed by atoms with Gasteiger partial charge in [-0.2, -0.15) is 0 Å². The van der Waals surface area contributed by atoms with Crippen LogP contribution in [-0.2, 0) is 0 Å². The molecule has 0 saturated carbocycles. The van der Waals surface area contributed by atoms with Gasteiger partial charge < -0.3 is 20.9 Å². The molecule has 0 bridgehead atoms. The molecule has 1 atom stereocenters. The highest BCUT2D eigenvalue weighted by Crippen LogP contribution is 2.36. The van der Waals surface area contributed by atoms with E-state index in [4.69, 9.17) is 17.3 Å². The first-order valence-corrected chi connectivity index (χ1v) is 8.80. The van der Waals surface area contributed by atoms with Crippen LogP contribution in [0.3, 0.4) is 0 Å². The Bertz CT molecular complexity index is 971. The summed E-state index contributed by atoms with van der Waals surface area (Å²) in [5.74, 6) is 0.749. The molecule has 2 aromatic heterocycles. The third-order valence-corrected chi connectivity index (χ3v) is 5.36. The highest BCUT2D eigenvalue weighted by molar-refractivity contribution is 7.17. The number of hydrogen-bond donors (Lipinski definition) is 4. The van der Waals surface area contributed by atoms with E-state index in [0.717, 1.165) is 26.2 Å². The molecule has 0 fully saturated rings. The summed E-state index contributed by atoms with van der Waals surface area (Å²) in [6.45, 7) is 2.35. The fourth-order valence-corrected chi connectivity index (χ4v) is 3.95. The number of H-pyrrole nitrogens is 2. The van der Waals surface area contributed by atoms with Gasteiger partial charge in [-0.25, -0.2) is 4.79 Å². The Morgan fingerprint density at radius 2 is 2.16 bits per heavy atom. The molecule has 1 aliphatic rings. The van der Waals surface area contributed by atoms with Crippen molar-refractivity contribution in [2.75, 3.05) is 18.9 Å². The number of aromatic nitrogens is 2. The minimum absolute atomic E-state index is 0.0669. The summed E-state index contributed by atoms with van der Waals surface area (Å²) in [4.78, 5) is 30.8. The molecule has 0 amide bonds. The lowest BCUT2D eigenvalue weighted by molar-refractivity contribution is 0.363. The molecular weight excluding hydrogens is 362 g/mol. The first-order chi connectivity index (χ1) is 11.9. The number of thiophene rings is 1. The Hall–Kier alpha value is -2.29. The fraction of sp³-hybridized carbons (Fsp3) is 0.250. The summed E-state index contributed by atoms with van der Waals surface area (Å²) in [5, 5.41) is 3.09. The molecule has 9 heteroatoms. The fourth-order valence-electron chi connectivity index (χ4n) is 2.85. The summed E-state index contributed by atoms with van der Waals surface area (Å²) in [5.41, 5.74) is 7.25. The summed E-state index contributed by atoms with van der Waals surface area (Å²) in [6, 6.07) is 3.78. The van der Waals surface area contributed by atoms with Gasteiger partial charge in [0.05, 0.1) is 10.4 Å². The highest BCUT2D eigenvalue weighted by Gasteiger charge is 2.27. The van der Waals surface area contributed by atoms with E-state index >= 15 is 0 Å². The third-order valence-electron chi connectivity index (χ3n) is 4.08. The van der Waals surface area contributed by atoms with E-state index in [2.05, 4.69) is 15.3 Å². The molecular formula is C16H18ClN5O2S. The van der Waals surface area contributed by atoms with Crippen molar-refractivity contribution in [1.29, 1.82) is 0 Å². The summed E-state index contributed by atoms with van der Waals surface area (Å²) in [7, 11) is 1.91. The average Bonchev–Trinajstić information content (AvgIpc) is 2.99. The van der Waals surface area contributed by atoms with Gasteiger partial charge in [0.1, 0.15) is 11.5 Å². The lowest BCUT2D eigenvalue weighted by atomic mass is 9.97. The van der Waals surface area contributed by atoms with Gasteiger partial charge in [-0.1, -0.05) is 11.6 Å². The van der Waals surface area contributed by atoms with Crippen LogP contribution in [0.5, 0.6) is 0 Å². The maximum atomic E-state index is 11.9. The number of hydrogen-bond acceptors (Lipinski definition) is 6. The molecule has 3 rings (SSSR count). The zero-order chi connectivity index (χ0) is 18.1. The molecule has 0 aromatic carbocycles. The second-order valence-electron chi connectivity index (χ2n) is 5.71. The smallest absolute Gasteiger partial charge is 0.325 e. The van der Waals surface area contributed by atoms with Gasteiger partial charge in [0.25, 0.3) is 5.56 Å². The van der Waals surface area contributed by atoms with Crippen LogP contribution in [0.2, 0.25) is 4.34 Å². The summed E-state index contributed by atoms with van der Waals surface area (Å²) in [6.07, 6.45) is 3.40. The van der Waals surface area contributed by atoms with Crippen LogP contribution in [0.25, 0.3) is 5.57 Å². The van der Waals surface area contributed by atoms with Crippen LogP contribution in [0.1, 0.15) is 11.8 Å². The third kappa shape index (κ3) is 3.41. The van der Waals surface area contributed by atoms with Crippen LogP contribution >= 0.6 is 22.9 Å². The molecule has 0 spiro atoms. The van der Waals surface area contributed by atoms with E-state index in [1.54, 1.807) is 0 Å². The van der Waals surface area contributed by atoms with Crippen molar-refractivity contribution in [2.45, 2.75) is 13.0 Å². The summed E-state index contributed by atoms with van der Waals surface area (Å²) < 4.78 is 0.722. The number of anilines is 1. The van der Waals surface area contributed by atoms with E-state index in [0.29, 0.717) is 6.54 Å². The van der Waals surface area contributed by atoms with Gasteiger partial charge >= 0.3 is 5.69 Å². The number of aromatic amines is 2. The molecule has 1 aliphatic heterocycles. The average molecular weight is 380 g/mol. The quantitative estimate of drug-likeness (QED) is 0.647. The monoisotopic (exact) mass is 379 g/mol. The van der Waals surface area contributed by atoms with Crippen LogP contribution < -0.4 is 22.3 Å². The number of halogens is 1. The Balaban J connectivity index is 2.02. The van der Waals surface area contributed by atoms with Crippen molar-refractivity contribution in [3.05, 3.63) is 65.9 Å². The van der Waals surface area contributed by atoms with E-state index in [-0.39, 0.29) is 11.7 Å². The lowest BCUT2D eigenvalue weighted by Gasteiger charge is -2.37. The second-order valence-corrected chi connectivity index (χ2v) is 7.42. The predicted octanol–water partition coefficient (Wildman–Crippen LogP) is 1.78. The van der Waals surface area contributed by atoms with Crippen LogP contribution in [-0.4, -0.2) is 34.5 Å². The number of allylic oxidation sites excluding steroid dienone is 2. The highest BCUT2D eigenvalue weighted by atomic mass is 35.5. The van der Waals surface area contributed by atoms with Crippen molar-refractivity contribution in [3.63, 3.8) is 0 Å². The number of nitrogens with two attached hydrogens (primary N) is 1. The van der Waals surface area contributed by atoms with Gasteiger partial charge in [0.15, 0.2) is 0 Å². The van der Waals surface area contributed by atoms with Crippen LogP contribution in [0.15, 0.2) is 45.4 Å². The Labute approximate surface area is 152 Å². The first-order valence-electron chi connectivity index (χ1n) is 7.61. The van der Waals surface area contributed by atoms with Gasteiger partial charge in [-0.15, -0.1) is 11.3 Å². The van der Waals surface area contributed by atoms with Gasteiger partial charge in [-0.05, 0) is 36.3 Å². The number of nitrogens with one attached hydrogen (secondary N) is 3. The Morgan fingerprint density at radius 1 is 1.40 bits per heavy atom. The zero-order valence-electron chi connectivity index (χ0n) is 13.7. The first kappa shape index (κ1) is 17.5. The molecule has 0 aliphatic carbocycles. The van der Waals surface area contributed by atoms with E-state index in [9.17, 15) is 9.59 Å². The standard InChI is InChI=1S/C16H18ClN5O2S/c1-8-5-9(12-3-4-13(17)25-12)11(6-18)22(2)14(8)20-10-7-19-16(24)21-15(10)23/h3-5,7,11,20H,6,18H2,1-2H3,(H2,19,21,23,24). The van der Waals surface area contributed by atoms with Crippen molar-refractivity contribution in [2.24, 2.45) is 5.73 Å². The van der Waals surface area contributed by atoms with Crippen LogP contribution in [0, 0.1) is 0 Å². The number of likely N-dealkylation sites (N-methyl/N-ethyl adjacent to an activating group) is 1. The molecule has 25 heavy (non-hydrogen) atoms. The number of rotatable bonds is 4. The van der Waals surface area contributed by atoms with Crippen LogP contribution in [0.4, 0.5) is 5.69 Å². The Morgan fingerprint density at radius 3 is 2.76 bits per heavy atom. The molecule has 5 N–H and O–H groups in total. The topological polar surface area (TPSA) is 107 Å². The largest absolute Gasteiger partial charge is 0.353 e. The molecule has 0 saturated heterocycles. The minimum atomic E-state index is -0.546. The van der Waals surface area contributed by atoms with E-state index < -0.39 is 11.2 Å². The number of nitrogens with zero attached hydrogens (tertiary/aromatic N) is 1. The SMILES string of the molecule is CC1=C(Nc2c[nH]c(=O)[nH]c2=O)N(C)C(CN)C(c2ccc(Cl)s2)=C1. The Kier molecular flexibility index (Phi) is 4.85. The van der Waals surface area contributed by atoms with E-state index in [1.807, 2.05) is 37.1 Å². The normalized spacial score (nSPS) is 17.7. The minimum Gasteiger partial charge on any atom is -0.353 e. The predicted molar refractivity (Wildman–Crippen MR) is 102 cm³/mol. The summed E-state index contributed by atoms with van der Waals surface area (Å²) >= 11 is 7.57. The molecule has 0 radical (unpaired) electrons. The maximum absolute atomic E-state index is 11.9. The van der Waals surface area contributed by atoms with Crippen molar-refractivity contribution >= 4 is 34.2 Å². The van der Waals surface area contributed by atoms with Crippen molar-refractivity contribution in [1.82, 2.24) is 14.9 Å². The molecule has 7 nitrogen and oxygen atoms in total. The van der Waals surface area contributed by atoms with Gasteiger partial charge in [-0.3, -0.25) is 9.78 Å². The molecule has 3 heterocycles. The zero-order valence-corrected chi connectivity index (χ0v) is 15.3. The molecule has 1 unspecified atom stereocenters. The lowest BCUT2D eigenvalue weighted by Crippen LogP contribution is -2.43. The van der Waals surface area contributed by atoms with Gasteiger partial charge in [0, 0.05) is 24.7 Å². The van der Waals surface area contributed by atoms with E-state index in [1.165, 1.54) is 17.5 Å².